The smallest absolute Gasteiger partial charge is 0.254 e. The SMILES string of the molecule is O=C(c1ccccc1)N1C2C=CCCCC21. The summed E-state index contributed by atoms with van der Waals surface area (Å²) in [5, 5.41) is 0. The lowest BCUT2D eigenvalue weighted by Gasteiger charge is -2.05. The Kier molecular flexibility index (Phi) is 2.28. The van der Waals surface area contributed by atoms with E-state index in [-0.39, 0.29) is 5.91 Å². The van der Waals surface area contributed by atoms with Gasteiger partial charge in [-0.2, -0.15) is 0 Å². The molecule has 1 aliphatic heterocycles. The summed E-state index contributed by atoms with van der Waals surface area (Å²) >= 11 is 0. The molecule has 82 valence electrons. The van der Waals surface area contributed by atoms with Gasteiger partial charge in [0.15, 0.2) is 0 Å². The van der Waals surface area contributed by atoms with Gasteiger partial charge in [0, 0.05) is 5.56 Å². The minimum absolute atomic E-state index is 0.183. The molecule has 0 N–H and O–H groups in total. The molecule has 1 aliphatic carbocycles. The van der Waals surface area contributed by atoms with Crippen molar-refractivity contribution < 1.29 is 4.79 Å². The van der Waals surface area contributed by atoms with E-state index in [9.17, 15) is 4.79 Å². The van der Waals surface area contributed by atoms with Gasteiger partial charge in [-0.15, -0.1) is 0 Å². The van der Waals surface area contributed by atoms with Crippen LogP contribution in [0.1, 0.15) is 29.6 Å². The predicted octanol–water partition coefficient (Wildman–Crippen LogP) is 2.62. The second kappa shape index (κ2) is 3.78. The fraction of sp³-hybridized carbons (Fsp3) is 0.357. The highest BCUT2D eigenvalue weighted by Gasteiger charge is 2.48. The van der Waals surface area contributed by atoms with Crippen molar-refractivity contribution in [2.45, 2.75) is 31.3 Å². The molecule has 2 heteroatoms. The highest BCUT2D eigenvalue weighted by molar-refractivity contribution is 5.96. The number of rotatable bonds is 1. The molecule has 2 unspecified atom stereocenters. The third-order valence-electron chi connectivity index (χ3n) is 3.44. The Balaban J connectivity index is 1.78. The van der Waals surface area contributed by atoms with Crippen LogP contribution >= 0.6 is 0 Å². The summed E-state index contributed by atoms with van der Waals surface area (Å²) in [6.45, 7) is 0. The second-order valence-corrected chi connectivity index (χ2v) is 4.50. The summed E-state index contributed by atoms with van der Waals surface area (Å²) < 4.78 is 0. The van der Waals surface area contributed by atoms with Crippen molar-refractivity contribution in [3.05, 3.63) is 48.0 Å². The standard InChI is InChI=1S/C14H15NO/c16-14(11-7-3-1-4-8-11)15-12-9-5-2-6-10-13(12)15/h1,3-5,7-9,12-13H,2,6,10H2. The first-order valence-electron chi connectivity index (χ1n) is 5.92. The normalized spacial score (nSPS) is 27.1. The van der Waals surface area contributed by atoms with Gasteiger partial charge >= 0.3 is 0 Å². The van der Waals surface area contributed by atoms with Crippen LogP contribution in [0.4, 0.5) is 0 Å². The molecule has 2 nitrogen and oxygen atoms in total. The van der Waals surface area contributed by atoms with E-state index in [1.54, 1.807) is 0 Å². The fourth-order valence-corrected chi connectivity index (χ4v) is 2.53. The molecule has 3 rings (SSSR count). The molecule has 1 aromatic carbocycles. The van der Waals surface area contributed by atoms with Crippen LogP contribution in [-0.4, -0.2) is 22.9 Å². The van der Waals surface area contributed by atoms with E-state index >= 15 is 0 Å². The molecule has 0 radical (unpaired) electrons. The minimum atomic E-state index is 0.183. The van der Waals surface area contributed by atoms with Crippen LogP contribution in [0.3, 0.4) is 0 Å². The van der Waals surface area contributed by atoms with E-state index < -0.39 is 0 Å². The summed E-state index contributed by atoms with van der Waals surface area (Å²) in [6, 6.07) is 10.4. The van der Waals surface area contributed by atoms with Crippen LogP contribution in [0.2, 0.25) is 0 Å². The number of hydrogen-bond donors (Lipinski definition) is 0. The Hall–Kier alpha value is -1.57. The highest BCUT2D eigenvalue weighted by atomic mass is 16.2. The lowest BCUT2D eigenvalue weighted by molar-refractivity contribution is 0.0867. The molecule has 2 aliphatic rings. The van der Waals surface area contributed by atoms with Crippen LogP contribution in [0.25, 0.3) is 0 Å². The van der Waals surface area contributed by atoms with Gasteiger partial charge in [0.25, 0.3) is 5.91 Å². The van der Waals surface area contributed by atoms with Gasteiger partial charge in [0.05, 0.1) is 12.1 Å². The van der Waals surface area contributed by atoms with E-state index in [2.05, 4.69) is 12.2 Å². The van der Waals surface area contributed by atoms with E-state index in [1.807, 2.05) is 35.2 Å². The van der Waals surface area contributed by atoms with Gasteiger partial charge in [-0.25, -0.2) is 0 Å². The first-order valence-corrected chi connectivity index (χ1v) is 5.92. The van der Waals surface area contributed by atoms with Crippen molar-refractivity contribution in [1.29, 1.82) is 0 Å². The Morgan fingerprint density at radius 2 is 2.06 bits per heavy atom. The Morgan fingerprint density at radius 3 is 2.88 bits per heavy atom. The van der Waals surface area contributed by atoms with E-state index in [0.717, 1.165) is 12.0 Å². The third kappa shape index (κ3) is 1.54. The average Bonchev–Trinajstić information content (AvgIpc) is 3.04. The number of carbonyl (C=O) groups excluding carboxylic acids is 1. The molecule has 0 spiro atoms. The Morgan fingerprint density at radius 1 is 1.25 bits per heavy atom. The van der Waals surface area contributed by atoms with Crippen molar-refractivity contribution >= 4 is 5.91 Å². The topological polar surface area (TPSA) is 20.1 Å². The molecular weight excluding hydrogens is 198 g/mol. The number of nitrogens with zero attached hydrogens (tertiary/aromatic N) is 1. The Bertz CT molecular complexity index is 424. The minimum Gasteiger partial charge on any atom is -0.325 e. The van der Waals surface area contributed by atoms with Crippen molar-refractivity contribution in [2.75, 3.05) is 0 Å². The number of benzene rings is 1. The molecule has 0 bridgehead atoms. The summed E-state index contributed by atoms with van der Waals surface area (Å²) in [6.07, 6.45) is 7.92. The molecule has 1 fully saturated rings. The zero-order valence-corrected chi connectivity index (χ0v) is 9.17. The number of fused-ring (bicyclic) bond motifs is 1. The maximum absolute atomic E-state index is 12.2. The van der Waals surface area contributed by atoms with E-state index in [1.165, 1.54) is 12.8 Å². The Labute approximate surface area is 95.6 Å². The van der Waals surface area contributed by atoms with Crippen LogP contribution in [-0.2, 0) is 0 Å². The summed E-state index contributed by atoms with van der Waals surface area (Å²) in [7, 11) is 0. The summed E-state index contributed by atoms with van der Waals surface area (Å²) in [5.74, 6) is 0.183. The predicted molar refractivity (Wildman–Crippen MR) is 63.2 cm³/mol. The number of allylic oxidation sites excluding steroid dienone is 1. The average molecular weight is 213 g/mol. The van der Waals surface area contributed by atoms with Gasteiger partial charge in [0.1, 0.15) is 0 Å². The van der Waals surface area contributed by atoms with Crippen molar-refractivity contribution in [3.8, 4) is 0 Å². The van der Waals surface area contributed by atoms with Crippen LogP contribution < -0.4 is 0 Å². The molecular formula is C14H15NO. The fourth-order valence-electron chi connectivity index (χ4n) is 2.53. The highest BCUT2D eigenvalue weighted by Crippen LogP contribution is 2.37. The lowest BCUT2D eigenvalue weighted by Crippen LogP contribution is -2.15. The quantitative estimate of drug-likeness (QED) is 0.518. The van der Waals surface area contributed by atoms with E-state index in [0.29, 0.717) is 12.1 Å². The van der Waals surface area contributed by atoms with Crippen molar-refractivity contribution in [1.82, 2.24) is 4.90 Å². The maximum Gasteiger partial charge on any atom is 0.254 e. The number of amides is 1. The molecule has 1 saturated heterocycles. The van der Waals surface area contributed by atoms with Crippen LogP contribution in [0, 0.1) is 0 Å². The first-order chi connectivity index (χ1) is 7.88. The largest absolute Gasteiger partial charge is 0.325 e. The summed E-state index contributed by atoms with van der Waals surface area (Å²) in [5.41, 5.74) is 0.809. The molecule has 0 saturated carbocycles. The summed E-state index contributed by atoms with van der Waals surface area (Å²) in [4.78, 5) is 14.2. The van der Waals surface area contributed by atoms with Gasteiger partial charge in [-0.3, -0.25) is 4.79 Å². The van der Waals surface area contributed by atoms with Gasteiger partial charge < -0.3 is 4.90 Å². The van der Waals surface area contributed by atoms with Gasteiger partial charge in [-0.1, -0.05) is 30.4 Å². The second-order valence-electron chi connectivity index (χ2n) is 4.50. The third-order valence-corrected chi connectivity index (χ3v) is 3.44. The molecule has 16 heavy (non-hydrogen) atoms. The van der Waals surface area contributed by atoms with Crippen LogP contribution in [0.15, 0.2) is 42.5 Å². The molecule has 1 heterocycles. The zero-order valence-electron chi connectivity index (χ0n) is 9.17. The first kappa shape index (κ1) is 9.64. The van der Waals surface area contributed by atoms with Crippen LogP contribution in [0.5, 0.6) is 0 Å². The molecule has 0 aromatic heterocycles. The monoisotopic (exact) mass is 213 g/mol. The van der Waals surface area contributed by atoms with Gasteiger partial charge in [0.2, 0.25) is 0 Å². The van der Waals surface area contributed by atoms with Crippen molar-refractivity contribution in [3.63, 3.8) is 0 Å². The molecule has 2 atom stereocenters. The number of hydrogen-bond acceptors (Lipinski definition) is 1. The number of carbonyl (C=O) groups is 1. The molecule has 1 amide bonds. The molecule has 1 aromatic rings. The van der Waals surface area contributed by atoms with Gasteiger partial charge in [-0.05, 0) is 31.4 Å². The lowest BCUT2D eigenvalue weighted by atomic mass is 10.2. The van der Waals surface area contributed by atoms with Crippen molar-refractivity contribution in [2.24, 2.45) is 0 Å². The maximum atomic E-state index is 12.2. The zero-order chi connectivity index (χ0) is 11.0. The van der Waals surface area contributed by atoms with E-state index in [4.69, 9.17) is 0 Å².